The molecule has 0 saturated heterocycles. The number of aromatic nitrogens is 2. The van der Waals surface area contributed by atoms with Gasteiger partial charge in [0.1, 0.15) is 11.5 Å². The SMILES string of the molecule is Cc1cc(C(F)(F)F)nc(CCNC(=O)N[C@H](CO)Cc2ccccc2)n1. The molecule has 0 bridgehead atoms. The van der Waals surface area contributed by atoms with Crippen molar-refractivity contribution in [2.45, 2.75) is 32.0 Å². The number of hydrogen-bond acceptors (Lipinski definition) is 4. The first kappa shape index (κ1) is 20.6. The summed E-state index contributed by atoms with van der Waals surface area (Å²) in [5.41, 5.74) is 0.169. The lowest BCUT2D eigenvalue weighted by Crippen LogP contribution is -2.45. The summed E-state index contributed by atoms with van der Waals surface area (Å²) in [5.74, 6) is 0.00520. The number of benzene rings is 1. The van der Waals surface area contributed by atoms with Crippen molar-refractivity contribution in [2.24, 2.45) is 0 Å². The van der Waals surface area contributed by atoms with Gasteiger partial charge >= 0.3 is 12.2 Å². The molecule has 0 fully saturated rings. The van der Waals surface area contributed by atoms with Gasteiger partial charge in [0.15, 0.2) is 0 Å². The van der Waals surface area contributed by atoms with E-state index in [2.05, 4.69) is 20.6 Å². The van der Waals surface area contributed by atoms with E-state index < -0.39 is 23.9 Å². The molecule has 9 heteroatoms. The van der Waals surface area contributed by atoms with Gasteiger partial charge in [0, 0.05) is 18.7 Å². The highest BCUT2D eigenvalue weighted by Crippen LogP contribution is 2.27. The molecular formula is C18H21F3N4O2. The summed E-state index contributed by atoms with van der Waals surface area (Å²) in [4.78, 5) is 19.4. The Hall–Kier alpha value is -2.68. The van der Waals surface area contributed by atoms with Crippen LogP contribution in [-0.2, 0) is 19.0 Å². The molecule has 3 N–H and O–H groups in total. The molecule has 2 aromatic rings. The van der Waals surface area contributed by atoms with Crippen molar-refractivity contribution < 1.29 is 23.1 Å². The van der Waals surface area contributed by atoms with E-state index in [9.17, 15) is 23.1 Å². The molecule has 0 aliphatic carbocycles. The third-order valence-corrected chi connectivity index (χ3v) is 3.71. The topological polar surface area (TPSA) is 87.1 Å². The van der Waals surface area contributed by atoms with Gasteiger partial charge < -0.3 is 15.7 Å². The summed E-state index contributed by atoms with van der Waals surface area (Å²) in [6, 6.07) is 9.24. The number of nitrogens with one attached hydrogen (secondary N) is 2. The normalized spacial score (nSPS) is 12.5. The van der Waals surface area contributed by atoms with Crippen molar-refractivity contribution in [1.82, 2.24) is 20.6 Å². The van der Waals surface area contributed by atoms with Crippen LogP contribution in [0.2, 0.25) is 0 Å². The highest BCUT2D eigenvalue weighted by molar-refractivity contribution is 5.74. The Bertz CT molecular complexity index is 754. The number of alkyl halides is 3. The number of carbonyl (C=O) groups excluding carboxylic acids is 1. The molecule has 0 aliphatic rings. The smallest absolute Gasteiger partial charge is 0.394 e. The Morgan fingerprint density at radius 2 is 1.93 bits per heavy atom. The number of nitrogens with zero attached hydrogens (tertiary/aromatic N) is 2. The van der Waals surface area contributed by atoms with Crippen molar-refractivity contribution in [3.05, 3.63) is 59.2 Å². The third-order valence-electron chi connectivity index (χ3n) is 3.71. The first-order valence-electron chi connectivity index (χ1n) is 8.39. The maximum absolute atomic E-state index is 12.8. The first-order chi connectivity index (χ1) is 12.8. The summed E-state index contributed by atoms with van der Waals surface area (Å²) in [6.45, 7) is 1.28. The molecule has 0 radical (unpaired) electrons. The van der Waals surface area contributed by atoms with Crippen molar-refractivity contribution in [2.75, 3.05) is 13.2 Å². The molecule has 0 saturated carbocycles. The number of aliphatic hydroxyl groups is 1. The second-order valence-corrected chi connectivity index (χ2v) is 6.03. The lowest BCUT2D eigenvalue weighted by molar-refractivity contribution is -0.141. The second kappa shape index (κ2) is 9.31. The predicted octanol–water partition coefficient (Wildman–Crippen LogP) is 2.25. The van der Waals surface area contributed by atoms with Gasteiger partial charge in [-0.3, -0.25) is 0 Å². The molecule has 0 spiro atoms. The van der Waals surface area contributed by atoms with E-state index in [-0.39, 0.29) is 31.1 Å². The molecular weight excluding hydrogens is 361 g/mol. The van der Waals surface area contributed by atoms with Crippen LogP contribution in [-0.4, -0.2) is 40.3 Å². The Morgan fingerprint density at radius 3 is 2.56 bits per heavy atom. The van der Waals surface area contributed by atoms with Crippen LogP contribution >= 0.6 is 0 Å². The molecule has 0 aliphatic heterocycles. The molecule has 2 rings (SSSR count). The molecule has 1 heterocycles. The van der Waals surface area contributed by atoms with Crippen LogP contribution in [0, 0.1) is 6.92 Å². The molecule has 6 nitrogen and oxygen atoms in total. The van der Waals surface area contributed by atoms with E-state index in [1.54, 1.807) is 0 Å². The fraction of sp³-hybridized carbons (Fsp3) is 0.389. The molecule has 1 aromatic carbocycles. The van der Waals surface area contributed by atoms with E-state index >= 15 is 0 Å². The predicted molar refractivity (Wildman–Crippen MR) is 93.0 cm³/mol. The van der Waals surface area contributed by atoms with Gasteiger partial charge in [-0.05, 0) is 25.0 Å². The van der Waals surface area contributed by atoms with Crippen LogP contribution < -0.4 is 10.6 Å². The van der Waals surface area contributed by atoms with Gasteiger partial charge in [0.2, 0.25) is 0 Å². The Morgan fingerprint density at radius 1 is 1.22 bits per heavy atom. The zero-order chi connectivity index (χ0) is 19.9. The minimum atomic E-state index is -4.54. The van der Waals surface area contributed by atoms with Crippen molar-refractivity contribution >= 4 is 6.03 Å². The molecule has 2 amide bonds. The van der Waals surface area contributed by atoms with Crippen LogP contribution in [0.4, 0.5) is 18.0 Å². The molecule has 27 heavy (non-hydrogen) atoms. The van der Waals surface area contributed by atoms with E-state index in [4.69, 9.17) is 0 Å². The average molecular weight is 382 g/mol. The number of hydrogen-bond donors (Lipinski definition) is 3. The van der Waals surface area contributed by atoms with Crippen LogP contribution in [0.25, 0.3) is 0 Å². The summed E-state index contributed by atoms with van der Waals surface area (Å²) < 4.78 is 38.3. The van der Waals surface area contributed by atoms with Crippen LogP contribution in [0.15, 0.2) is 36.4 Å². The van der Waals surface area contributed by atoms with Gasteiger partial charge in [-0.1, -0.05) is 30.3 Å². The summed E-state index contributed by atoms with van der Waals surface area (Å²) in [5, 5.41) is 14.6. The van der Waals surface area contributed by atoms with Crippen LogP contribution in [0.5, 0.6) is 0 Å². The molecule has 1 atom stereocenters. The number of amides is 2. The Kier molecular flexibility index (Phi) is 7.12. The largest absolute Gasteiger partial charge is 0.433 e. The van der Waals surface area contributed by atoms with Crippen molar-refractivity contribution in [3.63, 3.8) is 0 Å². The summed E-state index contributed by atoms with van der Waals surface area (Å²) in [6.07, 6.45) is -4.03. The van der Waals surface area contributed by atoms with Gasteiger partial charge in [0.25, 0.3) is 0 Å². The number of urea groups is 1. The molecule has 0 unspecified atom stereocenters. The quantitative estimate of drug-likeness (QED) is 0.686. The van der Waals surface area contributed by atoms with Crippen molar-refractivity contribution in [3.8, 4) is 0 Å². The number of aryl methyl sites for hydroxylation is 1. The number of halogens is 3. The number of carbonyl (C=O) groups is 1. The van der Waals surface area contributed by atoms with E-state index in [0.29, 0.717) is 6.42 Å². The maximum Gasteiger partial charge on any atom is 0.433 e. The van der Waals surface area contributed by atoms with Gasteiger partial charge in [-0.2, -0.15) is 13.2 Å². The third kappa shape index (κ3) is 6.86. The highest BCUT2D eigenvalue weighted by atomic mass is 19.4. The van der Waals surface area contributed by atoms with Crippen LogP contribution in [0.3, 0.4) is 0 Å². The zero-order valence-electron chi connectivity index (χ0n) is 14.8. The minimum absolute atomic E-state index is 0.00520. The fourth-order valence-corrected chi connectivity index (χ4v) is 2.47. The van der Waals surface area contributed by atoms with Crippen molar-refractivity contribution in [1.29, 1.82) is 0 Å². The number of rotatable bonds is 7. The Labute approximate surface area is 154 Å². The summed E-state index contributed by atoms with van der Waals surface area (Å²) in [7, 11) is 0. The van der Waals surface area contributed by atoms with Gasteiger partial charge in [-0.25, -0.2) is 14.8 Å². The Balaban J connectivity index is 1.84. The summed E-state index contributed by atoms with van der Waals surface area (Å²) >= 11 is 0. The first-order valence-corrected chi connectivity index (χ1v) is 8.39. The van der Waals surface area contributed by atoms with Crippen LogP contribution in [0.1, 0.15) is 22.8 Å². The van der Waals surface area contributed by atoms with E-state index in [1.165, 1.54) is 6.92 Å². The molecule has 1 aromatic heterocycles. The van der Waals surface area contributed by atoms with E-state index in [0.717, 1.165) is 11.6 Å². The average Bonchev–Trinajstić information content (AvgIpc) is 2.61. The standard InChI is InChI=1S/C18H21F3N4O2/c1-12-9-15(18(19,20)21)25-16(23-12)7-8-22-17(27)24-14(11-26)10-13-5-3-2-4-6-13/h2-6,9,14,26H,7-8,10-11H2,1H3,(H2,22,24,27)/t14-/m0/s1. The molecule has 146 valence electrons. The maximum atomic E-state index is 12.8. The van der Waals surface area contributed by atoms with E-state index in [1.807, 2.05) is 30.3 Å². The van der Waals surface area contributed by atoms with Gasteiger partial charge in [-0.15, -0.1) is 0 Å². The number of aliphatic hydroxyl groups excluding tert-OH is 1. The monoisotopic (exact) mass is 382 g/mol. The second-order valence-electron chi connectivity index (χ2n) is 6.03. The lowest BCUT2D eigenvalue weighted by atomic mass is 10.1. The fourth-order valence-electron chi connectivity index (χ4n) is 2.47. The highest BCUT2D eigenvalue weighted by Gasteiger charge is 2.33. The zero-order valence-corrected chi connectivity index (χ0v) is 14.8. The van der Waals surface area contributed by atoms with Gasteiger partial charge in [0.05, 0.1) is 12.6 Å². The minimum Gasteiger partial charge on any atom is -0.394 e. The lowest BCUT2D eigenvalue weighted by Gasteiger charge is -2.17.